The Kier molecular flexibility index (Phi) is 7.07. The quantitative estimate of drug-likeness (QED) is 0.423. The molecule has 0 saturated heterocycles. The van der Waals surface area contributed by atoms with Gasteiger partial charge in [0, 0.05) is 25.3 Å². The molecule has 128 valence electrons. The van der Waals surface area contributed by atoms with Crippen LogP contribution in [0.4, 0.5) is 0 Å². The van der Waals surface area contributed by atoms with E-state index in [-0.39, 0.29) is 5.96 Å². The minimum atomic E-state index is -0.0611. The Labute approximate surface area is 151 Å². The summed E-state index contributed by atoms with van der Waals surface area (Å²) in [6, 6.07) is 18.7. The number of nitrogens with one attached hydrogen (secondary N) is 3. The Bertz CT molecular complexity index is 827. The Morgan fingerprint density at radius 2 is 1.35 bits per heavy atom. The van der Waals surface area contributed by atoms with Crippen LogP contribution in [0.25, 0.3) is 0 Å². The van der Waals surface area contributed by atoms with E-state index in [9.17, 15) is 0 Å². The fourth-order valence-electron chi connectivity index (χ4n) is 2.08. The average molecular weight is 343 g/mol. The van der Waals surface area contributed by atoms with E-state index in [0.29, 0.717) is 24.0 Å². The largest absolute Gasteiger partial charge is 0.266 e. The molecule has 7 nitrogen and oxygen atoms in total. The lowest BCUT2D eigenvalue weighted by molar-refractivity contribution is 0.888. The van der Waals surface area contributed by atoms with Crippen molar-refractivity contribution in [1.82, 2.24) is 10.9 Å². The van der Waals surface area contributed by atoms with Crippen molar-refractivity contribution in [3.8, 4) is 12.1 Å². The molecule has 2 rings (SSSR count). The Morgan fingerprint density at radius 1 is 0.885 bits per heavy atom. The number of hydrazone groups is 2. The molecule has 0 aliphatic carbocycles. The molecule has 0 unspecified atom stereocenters. The first-order chi connectivity index (χ1) is 12.7. The SMILES string of the molecule is N#Cc1cccc(C/C=N/NC(=N)N/N=C/Cc2cccc(C#N)c2)c1. The highest BCUT2D eigenvalue weighted by Crippen LogP contribution is 2.04. The van der Waals surface area contributed by atoms with Crippen LogP contribution in [0, 0.1) is 28.1 Å². The third-order valence-corrected chi connectivity index (χ3v) is 3.30. The lowest BCUT2D eigenvalue weighted by atomic mass is 10.1. The van der Waals surface area contributed by atoms with E-state index in [1.807, 2.05) is 24.3 Å². The summed E-state index contributed by atoms with van der Waals surface area (Å²) in [5.41, 5.74) is 8.17. The molecule has 0 radical (unpaired) electrons. The van der Waals surface area contributed by atoms with Crippen LogP contribution >= 0.6 is 0 Å². The van der Waals surface area contributed by atoms with Crippen LogP contribution in [0.2, 0.25) is 0 Å². The molecular weight excluding hydrogens is 326 g/mol. The van der Waals surface area contributed by atoms with E-state index in [1.54, 1.807) is 36.7 Å². The first-order valence-corrected chi connectivity index (χ1v) is 7.83. The molecule has 0 saturated carbocycles. The molecular formula is C19H17N7. The molecule has 0 aliphatic rings. The zero-order valence-electron chi connectivity index (χ0n) is 14.0. The normalized spacial score (nSPS) is 10.4. The van der Waals surface area contributed by atoms with Crippen molar-refractivity contribution < 1.29 is 0 Å². The number of hydrogen-bond donors (Lipinski definition) is 3. The second-order valence-electron chi connectivity index (χ2n) is 5.25. The van der Waals surface area contributed by atoms with Crippen LogP contribution in [0.5, 0.6) is 0 Å². The molecule has 0 spiro atoms. The molecule has 2 aromatic rings. The van der Waals surface area contributed by atoms with Crippen molar-refractivity contribution in [1.29, 1.82) is 15.9 Å². The van der Waals surface area contributed by atoms with Crippen molar-refractivity contribution in [3.63, 3.8) is 0 Å². The molecule has 0 atom stereocenters. The maximum atomic E-state index is 8.85. The minimum absolute atomic E-state index is 0.0611. The highest BCUT2D eigenvalue weighted by atomic mass is 15.4. The highest BCUT2D eigenvalue weighted by molar-refractivity contribution is 5.78. The maximum Gasteiger partial charge on any atom is 0.230 e. The second kappa shape index (κ2) is 10.0. The lowest BCUT2D eigenvalue weighted by Gasteiger charge is -2.01. The van der Waals surface area contributed by atoms with Crippen LogP contribution in [-0.2, 0) is 12.8 Å². The number of guanidine groups is 1. The molecule has 0 aromatic heterocycles. The Balaban J connectivity index is 1.71. The molecule has 0 heterocycles. The summed E-state index contributed by atoms with van der Waals surface area (Å²) in [6.45, 7) is 0. The van der Waals surface area contributed by atoms with Crippen molar-refractivity contribution >= 4 is 18.4 Å². The van der Waals surface area contributed by atoms with Gasteiger partial charge in [-0.1, -0.05) is 24.3 Å². The molecule has 0 amide bonds. The van der Waals surface area contributed by atoms with Gasteiger partial charge < -0.3 is 0 Å². The van der Waals surface area contributed by atoms with Gasteiger partial charge in [0.05, 0.1) is 23.3 Å². The van der Waals surface area contributed by atoms with Gasteiger partial charge in [-0.05, 0) is 35.4 Å². The van der Waals surface area contributed by atoms with Gasteiger partial charge in [-0.25, -0.2) is 10.9 Å². The van der Waals surface area contributed by atoms with Gasteiger partial charge in [0.2, 0.25) is 5.96 Å². The number of rotatable bonds is 6. The number of nitriles is 2. The summed E-state index contributed by atoms with van der Waals surface area (Å²) in [4.78, 5) is 0. The first kappa shape index (κ1) is 18.4. The maximum absolute atomic E-state index is 8.85. The van der Waals surface area contributed by atoms with E-state index >= 15 is 0 Å². The predicted molar refractivity (Wildman–Crippen MR) is 101 cm³/mol. The summed E-state index contributed by atoms with van der Waals surface area (Å²) < 4.78 is 0. The van der Waals surface area contributed by atoms with Crippen molar-refractivity contribution in [2.24, 2.45) is 10.2 Å². The van der Waals surface area contributed by atoms with E-state index in [2.05, 4.69) is 33.2 Å². The summed E-state index contributed by atoms with van der Waals surface area (Å²) in [7, 11) is 0. The van der Waals surface area contributed by atoms with Crippen LogP contribution in [-0.4, -0.2) is 18.4 Å². The summed E-state index contributed by atoms with van der Waals surface area (Å²) in [5.74, 6) is -0.0611. The third-order valence-electron chi connectivity index (χ3n) is 3.30. The first-order valence-electron chi connectivity index (χ1n) is 7.83. The average Bonchev–Trinajstić information content (AvgIpc) is 2.69. The minimum Gasteiger partial charge on any atom is -0.266 e. The molecule has 0 aliphatic heterocycles. The molecule has 7 heteroatoms. The van der Waals surface area contributed by atoms with Crippen molar-refractivity contribution in [3.05, 3.63) is 70.8 Å². The Hall–Kier alpha value is -3.97. The summed E-state index contributed by atoms with van der Waals surface area (Å²) >= 11 is 0. The zero-order valence-corrected chi connectivity index (χ0v) is 14.0. The monoisotopic (exact) mass is 343 g/mol. The molecule has 0 fully saturated rings. The second-order valence-corrected chi connectivity index (χ2v) is 5.25. The van der Waals surface area contributed by atoms with Crippen molar-refractivity contribution in [2.45, 2.75) is 12.8 Å². The number of hydrogen-bond acceptors (Lipinski definition) is 5. The molecule has 26 heavy (non-hydrogen) atoms. The summed E-state index contributed by atoms with van der Waals surface area (Å²) in [5, 5.41) is 33.2. The van der Waals surface area contributed by atoms with Gasteiger partial charge in [-0.15, -0.1) is 0 Å². The van der Waals surface area contributed by atoms with Gasteiger partial charge in [-0.3, -0.25) is 5.41 Å². The van der Waals surface area contributed by atoms with Crippen molar-refractivity contribution in [2.75, 3.05) is 0 Å². The van der Waals surface area contributed by atoms with Crippen LogP contribution in [0.15, 0.2) is 58.7 Å². The summed E-state index contributed by atoms with van der Waals surface area (Å²) in [6.07, 6.45) is 4.33. The van der Waals surface area contributed by atoms with E-state index in [1.165, 1.54) is 0 Å². The zero-order chi connectivity index (χ0) is 18.6. The standard InChI is InChI=1S/C19H17N7/c20-13-17-5-1-3-15(11-17)7-9-23-25-19(22)26-24-10-8-16-4-2-6-18(12-16)14-21/h1-6,9-12H,7-8H2,(H3,22,25,26)/b23-9+,24-10+. The third kappa shape index (κ3) is 6.26. The Morgan fingerprint density at radius 3 is 1.77 bits per heavy atom. The molecule has 3 N–H and O–H groups in total. The molecule has 2 aromatic carbocycles. The van der Waals surface area contributed by atoms with Gasteiger partial charge in [0.25, 0.3) is 0 Å². The van der Waals surface area contributed by atoms with E-state index in [4.69, 9.17) is 15.9 Å². The van der Waals surface area contributed by atoms with E-state index in [0.717, 1.165) is 11.1 Å². The topological polar surface area (TPSA) is 120 Å². The fourth-order valence-corrected chi connectivity index (χ4v) is 2.08. The smallest absolute Gasteiger partial charge is 0.230 e. The van der Waals surface area contributed by atoms with Crippen LogP contribution in [0.1, 0.15) is 22.3 Å². The van der Waals surface area contributed by atoms with Gasteiger partial charge in [-0.2, -0.15) is 20.7 Å². The number of benzene rings is 2. The van der Waals surface area contributed by atoms with E-state index < -0.39 is 0 Å². The lowest BCUT2D eigenvalue weighted by Crippen LogP contribution is -2.29. The fraction of sp³-hybridized carbons (Fsp3) is 0.105. The van der Waals surface area contributed by atoms with Crippen LogP contribution < -0.4 is 10.9 Å². The van der Waals surface area contributed by atoms with Crippen LogP contribution in [0.3, 0.4) is 0 Å². The predicted octanol–water partition coefficient (Wildman–Crippen LogP) is 2.30. The number of nitrogens with zero attached hydrogens (tertiary/aromatic N) is 4. The van der Waals surface area contributed by atoms with Gasteiger partial charge in [0.15, 0.2) is 0 Å². The highest BCUT2D eigenvalue weighted by Gasteiger charge is 1.95. The van der Waals surface area contributed by atoms with Gasteiger partial charge in [0.1, 0.15) is 0 Å². The van der Waals surface area contributed by atoms with Gasteiger partial charge >= 0.3 is 0 Å². The molecule has 0 bridgehead atoms.